The Hall–Kier alpha value is -2.12. The molecule has 0 saturated carbocycles. The van der Waals surface area contributed by atoms with Crippen molar-refractivity contribution >= 4 is 23.9 Å². The lowest BCUT2D eigenvalue weighted by atomic mass is 10.0. The van der Waals surface area contributed by atoms with Crippen molar-refractivity contribution in [3.8, 4) is 0 Å². The second-order valence-electron chi connectivity index (χ2n) is 4.08. The first-order valence-corrected chi connectivity index (χ1v) is 6.04. The van der Waals surface area contributed by atoms with Gasteiger partial charge in [0.1, 0.15) is 0 Å². The second kappa shape index (κ2) is 10.8. The van der Waals surface area contributed by atoms with Crippen LogP contribution >= 0.6 is 0 Å². The maximum atomic E-state index is 10.2. The minimum atomic E-state index is -1.06. The molecular formula is C12H20O8. The van der Waals surface area contributed by atoms with Crippen molar-refractivity contribution in [3.05, 3.63) is 0 Å². The Bertz CT molecular complexity index is 315. The van der Waals surface area contributed by atoms with Crippen LogP contribution in [0.25, 0.3) is 0 Å². The van der Waals surface area contributed by atoms with Crippen LogP contribution in [0.15, 0.2) is 0 Å². The van der Waals surface area contributed by atoms with Crippen LogP contribution < -0.4 is 0 Å². The van der Waals surface area contributed by atoms with Gasteiger partial charge in [-0.3, -0.25) is 19.2 Å². The molecule has 0 radical (unpaired) electrons. The normalized spacial score (nSPS) is 12.5. The van der Waals surface area contributed by atoms with Crippen LogP contribution in [0.5, 0.6) is 0 Å². The third-order valence-electron chi connectivity index (χ3n) is 2.53. The second-order valence-corrected chi connectivity index (χ2v) is 4.08. The molecule has 0 saturated heterocycles. The summed E-state index contributed by atoms with van der Waals surface area (Å²) >= 11 is 0. The van der Waals surface area contributed by atoms with Crippen molar-refractivity contribution in [2.24, 2.45) is 11.8 Å². The van der Waals surface area contributed by atoms with E-state index < -0.39 is 35.7 Å². The van der Waals surface area contributed by atoms with Gasteiger partial charge in [0.2, 0.25) is 0 Å². The fourth-order valence-corrected chi connectivity index (χ4v) is 1.23. The zero-order valence-corrected chi connectivity index (χ0v) is 11.4. The molecular weight excluding hydrogens is 272 g/mol. The van der Waals surface area contributed by atoms with Gasteiger partial charge in [0.15, 0.2) is 0 Å². The van der Waals surface area contributed by atoms with E-state index in [1.54, 1.807) is 13.8 Å². The van der Waals surface area contributed by atoms with E-state index >= 15 is 0 Å². The fourth-order valence-electron chi connectivity index (χ4n) is 1.23. The first kappa shape index (κ1) is 20.2. The van der Waals surface area contributed by atoms with Crippen LogP contribution in [0.2, 0.25) is 0 Å². The molecule has 0 rings (SSSR count). The first-order valence-electron chi connectivity index (χ1n) is 6.04. The fraction of sp³-hybridized carbons (Fsp3) is 0.667. The van der Waals surface area contributed by atoms with Gasteiger partial charge in [0.25, 0.3) is 0 Å². The summed E-state index contributed by atoms with van der Waals surface area (Å²) in [4.78, 5) is 40.4. The number of carboxylic acid groups (broad SMARTS) is 4. The third-order valence-corrected chi connectivity index (χ3v) is 2.53. The number of rotatable bonds is 8. The molecule has 2 unspecified atom stereocenters. The van der Waals surface area contributed by atoms with E-state index in [2.05, 4.69) is 0 Å². The summed E-state index contributed by atoms with van der Waals surface area (Å²) in [5.74, 6) is -5.67. The van der Waals surface area contributed by atoms with Crippen LogP contribution in [0.4, 0.5) is 0 Å². The van der Waals surface area contributed by atoms with E-state index in [1.807, 2.05) is 0 Å². The lowest BCUT2D eigenvalue weighted by Gasteiger charge is -2.03. The molecule has 0 aliphatic carbocycles. The zero-order valence-electron chi connectivity index (χ0n) is 11.4. The lowest BCUT2D eigenvalue weighted by molar-refractivity contribution is -0.148. The van der Waals surface area contributed by atoms with E-state index in [0.717, 1.165) is 0 Å². The number of hydrogen-bond donors (Lipinski definition) is 4. The molecule has 0 bridgehead atoms. The molecule has 2 atom stereocenters. The van der Waals surface area contributed by atoms with Gasteiger partial charge >= 0.3 is 23.9 Å². The highest BCUT2D eigenvalue weighted by atomic mass is 16.4. The minimum absolute atomic E-state index is 0.286. The van der Waals surface area contributed by atoms with Gasteiger partial charge in [-0.25, -0.2) is 0 Å². The highest BCUT2D eigenvalue weighted by molar-refractivity contribution is 5.78. The Labute approximate surface area is 116 Å². The van der Waals surface area contributed by atoms with Crippen molar-refractivity contribution in [1.82, 2.24) is 0 Å². The van der Waals surface area contributed by atoms with Gasteiger partial charge < -0.3 is 20.4 Å². The average Bonchev–Trinajstić information content (AvgIpc) is 2.32. The molecule has 20 heavy (non-hydrogen) atoms. The molecule has 0 aliphatic rings. The van der Waals surface area contributed by atoms with Gasteiger partial charge in [0.05, 0.1) is 24.7 Å². The standard InChI is InChI=1S/2C6H10O4/c2*1-2-4(6(9)10)3-5(7)8/h2*4H,2-3H2,1H3,(H,7,8)(H,9,10). The largest absolute Gasteiger partial charge is 0.481 e. The summed E-state index contributed by atoms with van der Waals surface area (Å²) in [6, 6.07) is 0. The maximum Gasteiger partial charge on any atom is 0.307 e. The highest BCUT2D eigenvalue weighted by Gasteiger charge is 2.18. The highest BCUT2D eigenvalue weighted by Crippen LogP contribution is 2.07. The molecule has 4 N–H and O–H groups in total. The summed E-state index contributed by atoms with van der Waals surface area (Å²) in [7, 11) is 0. The average molecular weight is 292 g/mol. The van der Waals surface area contributed by atoms with Gasteiger partial charge in [-0.1, -0.05) is 13.8 Å². The lowest BCUT2D eigenvalue weighted by Crippen LogP contribution is -2.16. The van der Waals surface area contributed by atoms with Gasteiger partial charge in [-0.15, -0.1) is 0 Å². The molecule has 0 amide bonds. The van der Waals surface area contributed by atoms with Crippen molar-refractivity contribution < 1.29 is 39.6 Å². The van der Waals surface area contributed by atoms with E-state index in [9.17, 15) is 19.2 Å². The SMILES string of the molecule is CCC(CC(=O)O)C(=O)O.CCC(CC(=O)O)C(=O)O. The molecule has 0 fully saturated rings. The molecule has 0 heterocycles. The Morgan fingerprint density at radius 1 is 0.700 bits per heavy atom. The smallest absolute Gasteiger partial charge is 0.307 e. The molecule has 0 aliphatic heterocycles. The van der Waals surface area contributed by atoms with E-state index in [1.165, 1.54) is 0 Å². The maximum absolute atomic E-state index is 10.2. The van der Waals surface area contributed by atoms with E-state index in [-0.39, 0.29) is 12.8 Å². The molecule has 8 heteroatoms. The molecule has 0 aromatic rings. The molecule has 116 valence electrons. The van der Waals surface area contributed by atoms with Crippen LogP contribution in [0.3, 0.4) is 0 Å². The Morgan fingerprint density at radius 2 is 0.950 bits per heavy atom. The van der Waals surface area contributed by atoms with Gasteiger partial charge in [-0.2, -0.15) is 0 Å². The molecule has 0 spiro atoms. The third kappa shape index (κ3) is 11.0. The summed E-state index contributed by atoms with van der Waals surface area (Å²) < 4.78 is 0. The predicted molar refractivity (Wildman–Crippen MR) is 67.3 cm³/mol. The summed E-state index contributed by atoms with van der Waals surface area (Å²) in [6.45, 7) is 3.31. The summed E-state index contributed by atoms with van der Waals surface area (Å²) in [5, 5.41) is 33.1. The summed E-state index contributed by atoms with van der Waals surface area (Å²) in [5.41, 5.74) is 0. The van der Waals surface area contributed by atoms with Crippen LogP contribution in [-0.2, 0) is 19.2 Å². The number of hydrogen-bond acceptors (Lipinski definition) is 4. The van der Waals surface area contributed by atoms with Gasteiger partial charge in [-0.05, 0) is 12.8 Å². The molecule has 8 nitrogen and oxygen atoms in total. The Kier molecular flexibility index (Phi) is 10.9. The van der Waals surface area contributed by atoms with Crippen molar-refractivity contribution in [1.29, 1.82) is 0 Å². The van der Waals surface area contributed by atoms with Crippen LogP contribution in [0.1, 0.15) is 39.5 Å². The van der Waals surface area contributed by atoms with Gasteiger partial charge in [0, 0.05) is 0 Å². The number of carbonyl (C=O) groups is 4. The van der Waals surface area contributed by atoms with E-state index in [0.29, 0.717) is 12.8 Å². The minimum Gasteiger partial charge on any atom is -0.481 e. The van der Waals surface area contributed by atoms with Crippen LogP contribution in [-0.4, -0.2) is 44.3 Å². The Morgan fingerprint density at radius 3 is 1.00 bits per heavy atom. The number of aliphatic carboxylic acids is 4. The first-order chi connectivity index (χ1) is 9.15. The Balaban J connectivity index is 0. The van der Waals surface area contributed by atoms with Crippen LogP contribution in [0, 0.1) is 11.8 Å². The predicted octanol–water partition coefficient (Wildman–Crippen LogP) is 1.14. The van der Waals surface area contributed by atoms with Crippen molar-refractivity contribution in [2.45, 2.75) is 39.5 Å². The molecule has 0 aromatic heterocycles. The zero-order chi connectivity index (χ0) is 16.3. The molecule has 0 aromatic carbocycles. The monoisotopic (exact) mass is 292 g/mol. The van der Waals surface area contributed by atoms with E-state index in [4.69, 9.17) is 20.4 Å². The quantitative estimate of drug-likeness (QED) is 0.520. The number of carboxylic acids is 4. The van der Waals surface area contributed by atoms with Crippen molar-refractivity contribution in [2.75, 3.05) is 0 Å². The summed E-state index contributed by atoms with van der Waals surface area (Å²) in [6.07, 6.45) is 0.154. The van der Waals surface area contributed by atoms with Crippen molar-refractivity contribution in [3.63, 3.8) is 0 Å². The topological polar surface area (TPSA) is 149 Å².